The number of aromatic nitrogens is 1. The fourth-order valence-electron chi connectivity index (χ4n) is 1.36. The molecule has 0 bridgehead atoms. The second kappa shape index (κ2) is 3.43. The highest BCUT2D eigenvalue weighted by atomic mass is 35.5. The highest BCUT2D eigenvalue weighted by Crippen LogP contribution is 2.31. The van der Waals surface area contributed by atoms with E-state index in [9.17, 15) is 14.5 Å². The van der Waals surface area contributed by atoms with Crippen LogP contribution >= 0.6 is 11.6 Å². The van der Waals surface area contributed by atoms with Gasteiger partial charge in [-0.15, -0.1) is 0 Å². The quantitative estimate of drug-likeness (QED) is 0.427. The topological polar surface area (TPSA) is 56.0 Å². The second-order valence-electron chi connectivity index (χ2n) is 2.85. The van der Waals surface area contributed by atoms with Gasteiger partial charge in [0.2, 0.25) is 0 Å². The molecule has 1 heterocycles. The van der Waals surface area contributed by atoms with E-state index in [0.717, 1.165) is 12.1 Å². The van der Waals surface area contributed by atoms with Crippen molar-refractivity contribution in [3.05, 3.63) is 45.5 Å². The van der Waals surface area contributed by atoms with Gasteiger partial charge in [-0.1, -0.05) is 11.6 Å². The van der Waals surface area contributed by atoms with Crippen molar-refractivity contribution in [2.75, 3.05) is 0 Å². The molecule has 0 saturated carbocycles. The van der Waals surface area contributed by atoms with Crippen LogP contribution in [0, 0.1) is 15.9 Å². The van der Waals surface area contributed by atoms with Gasteiger partial charge in [0.05, 0.1) is 10.3 Å². The second-order valence-corrected chi connectivity index (χ2v) is 3.21. The van der Waals surface area contributed by atoms with Crippen molar-refractivity contribution in [3.63, 3.8) is 0 Å². The third-order valence-electron chi connectivity index (χ3n) is 2.00. The minimum Gasteiger partial charge on any atom is -0.258 e. The number of benzene rings is 1. The summed E-state index contributed by atoms with van der Waals surface area (Å²) in [5, 5.41) is 10.7. The first kappa shape index (κ1) is 9.79. The Kier molecular flexibility index (Phi) is 2.24. The van der Waals surface area contributed by atoms with Crippen LogP contribution in [0.3, 0.4) is 0 Å². The molecule has 0 unspecified atom stereocenters. The van der Waals surface area contributed by atoms with E-state index < -0.39 is 10.7 Å². The Morgan fingerprint density at radius 2 is 2.13 bits per heavy atom. The molecule has 4 nitrogen and oxygen atoms in total. The lowest BCUT2D eigenvalue weighted by atomic mass is 10.1. The van der Waals surface area contributed by atoms with Gasteiger partial charge in [-0.05, 0) is 12.1 Å². The Bertz CT molecular complexity index is 559. The number of halogens is 2. The summed E-state index contributed by atoms with van der Waals surface area (Å²) in [6.45, 7) is 0. The molecule has 0 spiro atoms. The van der Waals surface area contributed by atoms with Crippen LogP contribution in [0.2, 0.25) is 5.15 Å². The molecule has 0 radical (unpaired) electrons. The summed E-state index contributed by atoms with van der Waals surface area (Å²) in [7, 11) is 0. The van der Waals surface area contributed by atoms with Crippen molar-refractivity contribution in [2.24, 2.45) is 0 Å². The lowest BCUT2D eigenvalue weighted by Gasteiger charge is -2.01. The van der Waals surface area contributed by atoms with Crippen LogP contribution in [0.15, 0.2) is 24.4 Å². The monoisotopic (exact) mass is 226 g/mol. The normalized spacial score (nSPS) is 10.5. The summed E-state index contributed by atoms with van der Waals surface area (Å²) >= 11 is 5.70. The molecule has 0 atom stereocenters. The Balaban J connectivity index is 2.96. The number of nitro groups is 1. The van der Waals surface area contributed by atoms with Crippen LogP contribution in [-0.2, 0) is 0 Å². The highest BCUT2D eigenvalue weighted by Gasteiger charge is 2.17. The fourth-order valence-corrected chi connectivity index (χ4v) is 1.61. The molecule has 0 amide bonds. The van der Waals surface area contributed by atoms with Gasteiger partial charge in [0.15, 0.2) is 0 Å². The van der Waals surface area contributed by atoms with Gasteiger partial charge >= 0.3 is 0 Å². The minimum atomic E-state index is -0.616. The van der Waals surface area contributed by atoms with Crippen LogP contribution < -0.4 is 0 Å². The van der Waals surface area contributed by atoms with Gasteiger partial charge in [0.25, 0.3) is 5.69 Å². The number of hydrogen-bond acceptors (Lipinski definition) is 3. The maximum absolute atomic E-state index is 13.3. The van der Waals surface area contributed by atoms with E-state index in [-0.39, 0.29) is 21.6 Å². The maximum atomic E-state index is 13.3. The molecule has 0 aliphatic rings. The van der Waals surface area contributed by atoms with E-state index in [2.05, 4.69) is 4.98 Å². The van der Waals surface area contributed by atoms with Gasteiger partial charge in [0, 0.05) is 17.6 Å². The van der Waals surface area contributed by atoms with Gasteiger partial charge in [-0.25, -0.2) is 9.37 Å². The summed E-state index contributed by atoms with van der Waals surface area (Å²) in [6, 6.07) is 3.46. The van der Waals surface area contributed by atoms with Gasteiger partial charge in [0.1, 0.15) is 11.0 Å². The third-order valence-corrected chi connectivity index (χ3v) is 2.29. The molecule has 1 aromatic heterocycles. The van der Waals surface area contributed by atoms with E-state index in [1.54, 1.807) is 0 Å². The predicted octanol–water partition coefficient (Wildman–Crippen LogP) is 2.94. The first-order valence-electron chi connectivity index (χ1n) is 3.98. The summed E-state index contributed by atoms with van der Waals surface area (Å²) in [4.78, 5) is 13.7. The summed E-state index contributed by atoms with van der Waals surface area (Å²) in [5.74, 6) is -0.556. The number of pyridine rings is 1. The summed E-state index contributed by atoms with van der Waals surface area (Å²) < 4.78 is 13.3. The number of nitro benzene ring substituents is 1. The first-order chi connectivity index (χ1) is 7.11. The number of fused-ring (bicyclic) bond motifs is 1. The number of rotatable bonds is 1. The van der Waals surface area contributed by atoms with Crippen molar-refractivity contribution in [2.45, 2.75) is 0 Å². The van der Waals surface area contributed by atoms with E-state index in [0.29, 0.717) is 0 Å². The Morgan fingerprint density at radius 3 is 2.80 bits per heavy atom. The third kappa shape index (κ3) is 1.50. The molecule has 0 aliphatic carbocycles. The van der Waals surface area contributed by atoms with E-state index >= 15 is 0 Å². The summed E-state index contributed by atoms with van der Waals surface area (Å²) in [5.41, 5.74) is -0.246. The zero-order valence-corrected chi connectivity index (χ0v) is 8.03. The maximum Gasteiger partial charge on any atom is 0.280 e. The van der Waals surface area contributed by atoms with Crippen LogP contribution in [0.1, 0.15) is 0 Å². The molecule has 0 aliphatic heterocycles. The molecule has 1 aromatic carbocycles. The molecule has 76 valence electrons. The Labute approximate surface area is 88.5 Å². The lowest BCUT2D eigenvalue weighted by Crippen LogP contribution is -1.92. The number of hydrogen-bond donors (Lipinski definition) is 0. The molecular formula is C9H4ClFN2O2. The standard InChI is InChI=1S/C9H4ClFN2O2/c10-9-8-5(3-4-12-9)6(11)1-2-7(8)13(14)15/h1-4H. The molecular weight excluding hydrogens is 223 g/mol. The van der Waals surface area contributed by atoms with Crippen LogP contribution in [0.25, 0.3) is 10.8 Å². The van der Waals surface area contributed by atoms with Crippen molar-refractivity contribution in [1.29, 1.82) is 0 Å². The lowest BCUT2D eigenvalue weighted by molar-refractivity contribution is -0.383. The zero-order chi connectivity index (χ0) is 11.0. The van der Waals surface area contributed by atoms with Crippen LogP contribution in [-0.4, -0.2) is 9.91 Å². The zero-order valence-electron chi connectivity index (χ0n) is 7.28. The number of non-ortho nitro benzene ring substituents is 1. The average molecular weight is 227 g/mol. The molecule has 2 aromatic rings. The fraction of sp³-hybridized carbons (Fsp3) is 0. The van der Waals surface area contributed by atoms with Gasteiger partial charge in [-0.2, -0.15) is 0 Å². The Morgan fingerprint density at radius 1 is 1.40 bits per heavy atom. The molecule has 0 saturated heterocycles. The average Bonchev–Trinajstić information content (AvgIpc) is 2.19. The van der Waals surface area contributed by atoms with Crippen molar-refractivity contribution >= 4 is 28.1 Å². The first-order valence-corrected chi connectivity index (χ1v) is 4.36. The van der Waals surface area contributed by atoms with Crippen molar-refractivity contribution in [3.8, 4) is 0 Å². The Hall–Kier alpha value is -1.75. The molecule has 6 heteroatoms. The highest BCUT2D eigenvalue weighted by molar-refractivity contribution is 6.35. The van der Waals surface area contributed by atoms with Crippen molar-refractivity contribution < 1.29 is 9.31 Å². The minimum absolute atomic E-state index is 0.0316. The molecule has 15 heavy (non-hydrogen) atoms. The van der Waals surface area contributed by atoms with Gasteiger partial charge < -0.3 is 0 Å². The SMILES string of the molecule is O=[N+]([O-])c1ccc(F)c2ccnc(Cl)c12. The van der Waals surface area contributed by atoms with Crippen LogP contribution in [0.4, 0.5) is 10.1 Å². The predicted molar refractivity (Wildman–Crippen MR) is 53.4 cm³/mol. The van der Waals surface area contributed by atoms with E-state index in [1.165, 1.54) is 12.3 Å². The van der Waals surface area contributed by atoms with Gasteiger partial charge in [-0.3, -0.25) is 10.1 Å². The molecule has 0 N–H and O–H groups in total. The van der Waals surface area contributed by atoms with E-state index in [4.69, 9.17) is 11.6 Å². The largest absolute Gasteiger partial charge is 0.280 e. The number of nitrogens with zero attached hydrogens (tertiary/aromatic N) is 2. The van der Waals surface area contributed by atoms with Crippen LogP contribution in [0.5, 0.6) is 0 Å². The van der Waals surface area contributed by atoms with E-state index in [1.807, 2.05) is 0 Å². The van der Waals surface area contributed by atoms with Crippen molar-refractivity contribution in [1.82, 2.24) is 4.98 Å². The molecule has 2 rings (SSSR count). The molecule has 0 fully saturated rings. The smallest absolute Gasteiger partial charge is 0.258 e. The summed E-state index contributed by atoms with van der Waals surface area (Å²) in [6.07, 6.45) is 1.30.